The number of unbranched alkanes of at least 4 members (excludes halogenated alkanes) is 2. The van der Waals surface area contributed by atoms with Crippen molar-refractivity contribution in [2.24, 2.45) is 5.92 Å². The molecule has 0 saturated carbocycles. The van der Waals surface area contributed by atoms with Gasteiger partial charge in [0.05, 0.1) is 6.20 Å². The highest BCUT2D eigenvalue weighted by atomic mass is 16.2. The number of amides is 1. The van der Waals surface area contributed by atoms with E-state index >= 15 is 0 Å². The van der Waals surface area contributed by atoms with Crippen molar-refractivity contribution in [3.63, 3.8) is 0 Å². The van der Waals surface area contributed by atoms with Crippen molar-refractivity contribution < 1.29 is 4.79 Å². The van der Waals surface area contributed by atoms with E-state index in [1.165, 1.54) is 36.9 Å². The van der Waals surface area contributed by atoms with Crippen LogP contribution in [0.25, 0.3) is 0 Å². The lowest BCUT2D eigenvalue weighted by Gasteiger charge is -2.27. The molecule has 106 valence electrons. The molecule has 1 N–H and O–H groups in total. The number of nitrogens with zero attached hydrogens (tertiary/aromatic N) is 2. The molecule has 2 rings (SSSR count). The van der Waals surface area contributed by atoms with Crippen LogP contribution < -0.4 is 0 Å². The van der Waals surface area contributed by atoms with Crippen LogP contribution in [0.1, 0.15) is 57.2 Å². The van der Waals surface area contributed by atoms with Crippen LogP contribution in [-0.2, 0) is 17.8 Å². The molecule has 1 atom stereocenters. The van der Waals surface area contributed by atoms with Gasteiger partial charge in [-0.3, -0.25) is 9.89 Å². The molecule has 4 heteroatoms. The predicted molar refractivity (Wildman–Crippen MR) is 75.6 cm³/mol. The van der Waals surface area contributed by atoms with Gasteiger partial charge in [0, 0.05) is 37.2 Å². The van der Waals surface area contributed by atoms with Crippen molar-refractivity contribution >= 4 is 5.91 Å². The highest BCUT2D eigenvalue weighted by molar-refractivity contribution is 5.76. The topological polar surface area (TPSA) is 49.0 Å². The fraction of sp³-hybridized carbons (Fsp3) is 0.733. The van der Waals surface area contributed by atoms with Gasteiger partial charge in [-0.2, -0.15) is 5.10 Å². The lowest BCUT2D eigenvalue weighted by molar-refractivity contribution is -0.133. The maximum Gasteiger partial charge on any atom is 0.223 e. The molecule has 1 amide bonds. The minimum Gasteiger partial charge on any atom is -0.338 e. The Morgan fingerprint density at radius 1 is 1.53 bits per heavy atom. The summed E-state index contributed by atoms with van der Waals surface area (Å²) in [4.78, 5) is 14.2. The Labute approximate surface area is 115 Å². The molecule has 0 bridgehead atoms. The smallest absolute Gasteiger partial charge is 0.223 e. The van der Waals surface area contributed by atoms with Crippen molar-refractivity contribution in [1.29, 1.82) is 0 Å². The van der Waals surface area contributed by atoms with Crippen molar-refractivity contribution in [3.05, 3.63) is 17.5 Å². The van der Waals surface area contributed by atoms with E-state index in [4.69, 9.17) is 0 Å². The second-order valence-corrected chi connectivity index (χ2v) is 5.74. The summed E-state index contributed by atoms with van der Waals surface area (Å²) < 4.78 is 0. The van der Waals surface area contributed by atoms with Crippen LogP contribution >= 0.6 is 0 Å². The van der Waals surface area contributed by atoms with E-state index in [9.17, 15) is 4.79 Å². The Morgan fingerprint density at radius 3 is 3.16 bits per heavy atom. The standard InChI is InChI=1S/C15H25N3O/c1-3-4-5-6-12(2)9-15(19)18-8-7-14-13(11-18)10-16-17-14/h10,12H,3-9,11H2,1-2H3,(H,16,17)/t12-/m0/s1. The zero-order valence-corrected chi connectivity index (χ0v) is 12.1. The van der Waals surface area contributed by atoms with Crippen LogP contribution in [0.3, 0.4) is 0 Å². The second-order valence-electron chi connectivity index (χ2n) is 5.74. The second kappa shape index (κ2) is 6.73. The van der Waals surface area contributed by atoms with Crippen molar-refractivity contribution in [3.8, 4) is 0 Å². The van der Waals surface area contributed by atoms with Crippen molar-refractivity contribution in [2.45, 2.75) is 58.9 Å². The Balaban J connectivity index is 1.78. The van der Waals surface area contributed by atoms with Gasteiger partial charge < -0.3 is 4.90 Å². The van der Waals surface area contributed by atoms with Crippen LogP contribution in [0.2, 0.25) is 0 Å². The Hall–Kier alpha value is -1.32. The molecule has 0 aromatic carbocycles. The molecule has 1 aromatic rings. The Kier molecular flexibility index (Phi) is 5.00. The van der Waals surface area contributed by atoms with Crippen LogP contribution in [0.4, 0.5) is 0 Å². The zero-order valence-electron chi connectivity index (χ0n) is 12.1. The van der Waals surface area contributed by atoms with E-state index in [0.717, 1.165) is 19.5 Å². The number of H-pyrrole nitrogens is 1. The first kappa shape index (κ1) is 14.1. The van der Waals surface area contributed by atoms with E-state index in [2.05, 4.69) is 24.0 Å². The van der Waals surface area contributed by atoms with Crippen LogP contribution in [0.15, 0.2) is 6.20 Å². The van der Waals surface area contributed by atoms with E-state index < -0.39 is 0 Å². The summed E-state index contributed by atoms with van der Waals surface area (Å²) in [6.45, 7) is 5.97. The molecular weight excluding hydrogens is 238 g/mol. The van der Waals surface area contributed by atoms with E-state index in [-0.39, 0.29) is 0 Å². The molecule has 0 spiro atoms. The van der Waals surface area contributed by atoms with Gasteiger partial charge in [0.25, 0.3) is 0 Å². The minimum atomic E-state index is 0.302. The summed E-state index contributed by atoms with van der Waals surface area (Å²) >= 11 is 0. The summed E-state index contributed by atoms with van der Waals surface area (Å²) in [6, 6.07) is 0. The summed E-state index contributed by atoms with van der Waals surface area (Å²) in [5.41, 5.74) is 2.37. The van der Waals surface area contributed by atoms with Gasteiger partial charge in [-0.25, -0.2) is 0 Å². The molecule has 0 fully saturated rings. The number of aromatic nitrogens is 2. The molecule has 0 aliphatic carbocycles. The summed E-state index contributed by atoms with van der Waals surface area (Å²) in [7, 11) is 0. The molecule has 4 nitrogen and oxygen atoms in total. The van der Waals surface area contributed by atoms with E-state index in [1.54, 1.807) is 0 Å². The summed E-state index contributed by atoms with van der Waals surface area (Å²) in [5.74, 6) is 0.806. The fourth-order valence-electron chi connectivity index (χ4n) is 2.71. The summed E-state index contributed by atoms with van der Waals surface area (Å²) in [5, 5.41) is 7.05. The van der Waals surface area contributed by atoms with Gasteiger partial charge >= 0.3 is 0 Å². The van der Waals surface area contributed by atoms with Gasteiger partial charge in [-0.1, -0.05) is 39.5 Å². The number of aromatic amines is 1. The van der Waals surface area contributed by atoms with Crippen LogP contribution in [-0.4, -0.2) is 27.5 Å². The SMILES string of the molecule is CCCCC[C@H](C)CC(=O)N1CCc2[nH]ncc2C1. The van der Waals surface area contributed by atoms with E-state index in [0.29, 0.717) is 18.2 Å². The number of fused-ring (bicyclic) bond motifs is 1. The highest BCUT2D eigenvalue weighted by Gasteiger charge is 2.22. The molecule has 0 radical (unpaired) electrons. The summed E-state index contributed by atoms with van der Waals surface area (Å²) in [6.07, 6.45) is 8.39. The lowest BCUT2D eigenvalue weighted by atomic mass is 9.98. The van der Waals surface area contributed by atoms with Gasteiger partial charge in [0.2, 0.25) is 5.91 Å². The maximum atomic E-state index is 12.3. The van der Waals surface area contributed by atoms with E-state index in [1.807, 2.05) is 11.1 Å². The maximum absolute atomic E-state index is 12.3. The number of carbonyl (C=O) groups is 1. The number of carbonyl (C=O) groups excluding carboxylic acids is 1. The van der Waals surface area contributed by atoms with Gasteiger partial charge in [-0.15, -0.1) is 0 Å². The molecule has 2 heterocycles. The molecule has 0 saturated heterocycles. The first-order valence-electron chi connectivity index (χ1n) is 7.49. The third-order valence-electron chi connectivity index (χ3n) is 3.98. The van der Waals surface area contributed by atoms with Gasteiger partial charge in [-0.05, 0) is 5.92 Å². The number of rotatable bonds is 6. The number of hydrogen-bond donors (Lipinski definition) is 1. The molecule has 1 aliphatic rings. The lowest BCUT2D eigenvalue weighted by Crippen LogP contribution is -2.36. The molecule has 1 aromatic heterocycles. The van der Waals surface area contributed by atoms with Crippen molar-refractivity contribution in [1.82, 2.24) is 15.1 Å². The van der Waals surface area contributed by atoms with Crippen molar-refractivity contribution in [2.75, 3.05) is 6.54 Å². The molecular formula is C15H25N3O. The largest absolute Gasteiger partial charge is 0.338 e. The average molecular weight is 263 g/mol. The molecule has 0 unspecified atom stereocenters. The number of nitrogens with one attached hydrogen (secondary N) is 1. The minimum absolute atomic E-state index is 0.302. The Bertz CT molecular complexity index is 413. The molecule has 19 heavy (non-hydrogen) atoms. The average Bonchev–Trinajstić information content (AvgIpc) is 2.86. The first-order valence-corrected chi connectivity index (χ1v) is 7.49. The molecule has 1 aliphatic heterocycles. The fourth-order valence-corrected chi connectivity index (χ4v) is 2.71. The number of hydrogen-bond acceptors (Lipinski definition) is 2. The first-order chi connectivity index (χ1) is 9.20. The van der Waals surface area contributed by atoms with Crippen LogP contribution in [0.5, 0.6) is 0 Å². The third kappa shape index (κ3) is 3.82. The monoisotopic (exact) mass is 263 g/mol. The van der Waals surface area contributed by atoms with Crippen LogP contribution in [0, 0.1) is 5.92 Å². The highest BCUT2D eigenvalue weighted by Crippen LogP contribution is 2.19. The predicted octanol–water partition coefficient (Wildman–Crippen LogP) is 2.90. The Morgan fingerprint density at radius 2 is 2.37 bits per heavy atom. The quantitative estimate of drug-likeness (QED) is 0.802. The van der Waals surface area contributed by atoms with Gasteiger partial charge in [0.15, 0.2) is 0 Å². The zero-order chi connectivity index (χ0) is 13.7. The third-order valence-corrected chi connectivity index (χ3v) is 3.98. The van der Waals surface area contributed by atoms with Gasteiger partial charge in [0.1, 0.15) is 0 Å². The normalized spacial score (nSPS) is 16.2.